The Kier molecular flexibility index (Phi) is 3.98. The van der Waals surface area contributed by atoms with Crippen molar-refractivity contribution in [1.29, 1.82) is 0 Å². The zero-order valence-corrected chi connectivity index (χ0v) is 15.8. The lowest BCUT2D eigenvalue weighted by molar-refractivity contribution is 0.0374. The molecule has 27 heavy (non-hydrogen) atoms. The van der Waals surface area contributed by atoms with Crippen LogP contribution < -0.4 is 0 Å². The first-order valence-electron chi connectivity index (χ1n) is 9.29. The van der Waals surface area contributed by atoms with Gasteiger partial charge in [-0.2, -0.15) is 0 Å². The number of aliphatic hydroxyl groups is 1. The number of rotatable bonds is 2. The molecule has 2 fully saturated rings. The van der Waals surface area contributed by atoms with Gasteiger partial charge in [0, 0.05) is 13.1 Å². The summed E-state index contributed by atoms with van der Waals surface area (Å²) in [6.45, 7) is 3.26. The average Bonchev–Trinajstić information content (AvgIpc) is 3.38. The van der Waals surface area contributed by atoms with Gasteiger partial charge in [-0.15, -0.1) is 5.10 Å². The third-order valence-corrected chi connectivity index (χ3v) is 6.90. The summed E-state index contributed by atoms with van der Waals surface area (Å²) < 4.78 is 5.99. The molecule has 2 aliphatic rings. The summed E-state index contributed by atoms with van der Waals surface area (Å²) in [5, 5.41) is 14.8. The fraction of sp³-hybridized carbons (Fsp3) is 0.474. The van der Waals surface area contributed by atoms with Crippen molar-refractivity contribution in [3.05, 3.63) is 41.2 Å². The molecule has 3 aromatic rings. The van der Waals surface area contributed by atoms with E-state index in [1.807, 2.05) is 42.4 Å². The molecule has 5 rings (SSSR count). The van der Waals surface area contributed by atoms with Crippen LogP contribution in [0.15, 0.2) is 30.6 Å². The fourth-order valence-electron chi connectivity index (χ4n) is 4.69. The van der Waals surface area contributed by atoms with Crippen molar-refractivity contribution in [2.75, 3.05) is 13.1 Å². The van der Waals surface area contributed by atoms with Gasteiger partial charge in [0.2, 0.25) is 0 Å². The number of aryl methyl sites for hydroxylation is 1. The van der Waals surface area contributed by atoms with Crippen LogP contribution in [0.5, 0.6) is 0 Å². The zero-order chi connectivity index (χ0) is 18.5. The van der Waals surface area contributed by atoms with Crippen LogP contribution in [0.1, 0.15) is 34.2 Å². The molecule has 140 valence electrons. The van der Waals surface area contributed by atoms with E-state index in [0.717, 1.165) is 35.5 Å². The highest BCUT2D eigenvalue weighted by Crippen LogP contribution is 2.42. The summed E-state index contributed by atoms with van der Waals surface area (Å²) in [7, 11) is 0. The highest BCUT2D eigenvalue weighted by molar-refractivity contribution is 7.07. The number of aliphatic hydroxyl groups excluding tert-OH is 1. The molecule has 1 saturated heterocycles. The van der Waals surface area contributed by atoms with Gasteiger partial charge in [0.15, 0.2) is 0 Å². The molecule has 1 saturated carbocycles. The van der Waals surface area contributed by atoms with E-state index in [-0.39, 0.29) is 11.9 Å². The lowest BCUT2D eigenvalue weighted by Crippen LogP contribution is -2.36. The molecule has 8 heteroatoms. The van der Waals surface area contributed by atoms with E-state index in [1.165, 1.54) is 0 Å². The molecular weight excluding hydrogens is 362 g/mol. The number of carbonyl (C=O) groups excluding carboxylic acids is 1. The van der Waals surface area contributed by atoms with Gasteiger partial charge in [0.05, 0.1) is 35.2 Å². The van der Waals surface area contributed by atoms with Gasteiger partial charge in [-0.25, -0.2) is 4.98 Å². The zero-order valence-electron chi connectivity index (χ0n) is 15.0. The largest absolute Gasteiger partial charge is 0.391 e. The highest BCUT2D eigenvalue weighted by atomic mass is 32.1. The number of nitrogens with zero attached hydrogens (tertiary/aromatic N) is 5. The van der Waals surface area contributed by atoms with Gasteiger partial charge >= 0.3 is 0 Å². The van der Waals surface area contributed by atoms with Gasteiger partial charge < -0.3 is 14.6 Å². The second-order valence-corrected chi connectivity index (χ2v) is 8.42. The van der Waals surface area contributed by atoms with E-state index in [9.17, 15) is 9.90 Å². The maximum absolute atomic E-state index is 12.8. The van der Waals surface area contributed by atoms with Crippen molar-refractivity contribution in [2.45, 2.75) is 31.9 Å². The van der Waals surface area contributed by atoms with Crippen molar-refractivity contribution in [3.8, 4) is 0 Å². The third-order valence-electron chi connectivity index (χ3n) is 6.08. The molecule has 1 amide bonds. The first-order chi connectivity index (χ1) is 13.1. The quantitative estimate of drug-likeness (QED) is 0.734. The molecule has 2 aromatic heterocycles. The second kappa shape index (κ2) is 6.38. The molecule has 0 spiro atoms. The smallest absolute Gasteiger partial charge is 0.267 e. The Bertz CT molecular complexity index is 999. The van der Waals surface area contributed by atoms with Crippen molar-refractivity contribution < 1.29 is 9.90 Å². The number of fused-ring (bicyclic) bond motifs is 2. The summed E-state index contributed by atoms with van der Waals surface area (Å²) >= 11 is 1.16. The molecule has 0 bridgehead atoms. The first kappa shape index (κ1) is 16.8. The van der Waals surface area contributed by atoms with Gasteiger partial charge in [-0.3, -0.25) is 4.79 Å². The topological polar surface area (TPSA) is 84.1 Å². The molecule has 3 heterocycles. The Morgan fingerprint density at radius 3 is 2.78 bits per heavy atom. The van der Waals surface area contributed by atoms with Gasteiger partial charge in [0.25, 0.3) is 5.91 Å². The van der Waals surface area contributed by atoms with Crippen LogP contribution in [0, 0.1) is 18.8 Å². The SMILES string of the molecule is Cc1nnsc1C(=O)N1C[C@H]2C[C@@H](n3cnc4ccccc43)[C@H](O)C[C@H]2C1. The number of carbonyl (C=O) groups is 1. The number of hydrogen-bond acceptors (Lipinski definition) is 6. The molecule has 4 atom stereocenters. The van der Waals surface area contributed by atoms with E-state index >= 15 is 0 Å². The van der Waals surface area contributed by atoms with Crippen molar-refractivity contribution in [2.24, 2.45) is 11.8 Å². The number of hydrogen-bond donors (Lipinski definition) is 1. The van der Waals surface area contributed by atoms with Crippen LogP contribution in [0.4, 0.5) is 0 Å². The Hall–Kier alpha value is -2.32. The van der Waals surface area contributed by atoms with Crippen molar-refractivity contribution >= 4 is 28.5 Å². The average molecular weight is 383 g/mol. The molecule has 1 N–H and O–H groups in total. The summed E-state index contributed by atoms with van der Waals surface area (Å²) in [6, 6.07) is 8.01. The first-order valence-corrected chi connectivity index (χ1v) is 10.1. The molecular formula is C19H21N5O2S. The molecule has 0 radical (unpaired) electrons. The van der Waals surface area contributed by atoms with Crippen LogP contribution in [0.2, 0.25) is 0 Å². The van der Waals surface area contributed by atoms with E-state index in [2.05, 4.69) is 19.1 Å². The lowest BCUT2D eigenvalue weighted by Gasteiger charge is -2.36. The van der Waals surface area contributed by atoms with Crippen LogP contribution >= 0.6 is 11.5 Å². The normalized spacial score (nSPS) is 27.9. The highest BCUT2D eigenvalue weighted by Gasteiger charge is 2.44. The minimum absolute atomic E-state index is 0.000472. The van der Waals surface area contributed by atoms with Gasteiger partial charge in [0.1, 0.15) is 4.88 Å². The van der Waals surface area contributed by atoms with Crippen molar-refractivity contribution in [1.82, 2.24) is 24.0 Å². The third kappa shape index (κ3) is 2.74. The van der Waals surface area contributed by atoms with E-state index in [0.29, 0.717) is 35.4 Å². The summed E-state index contributed by atoms with van der Waals surface area (Å²) in [5.74, 6) is 0.761. The number of amides is 1. The summed E-state index contributed by atoms with van der Waals surface area (Å²) in [6.07, 6.45) is 2.98. The predicted molar refractivity (Wildman–Crippen MR) is 102 cm³/mol. The maximum Gasteiger partial charge on any atom is 0.267 e. The van der Waals surface area contributed by atoms with Crippen LogP contribution in [-0.2, 0) is 0 Å². The van der Waals surface area contributed by atoms with Crippen LogP contribution in [-0.4, -0.2) is 54.2 Å². The number of benzene rings is 1. The van der Waals surface area contributed by atoms with E-state index in [1.54, 1.807) is 0 Å². The standard InChI is InChI=1S/C19H21N5O2S/c1-11-18(27-22-21-11)19(26)23-8-12-6-16(17(25)7-13(12)9-23)24-10-20-14-4-2-3-5-15(14)24/h2-5,10,12-13,16-17,25H,6-9H2,1H3/t12-,13+,16-,17-/m1/s1. The van der Waals surface area contributed by atoms with Crippen molar-refractivity contribution in [3.63, 3.8) is 0 Å². The number of para-hydroxylation sites is 2. The molecule has 0 unspecified atom stereocenters. The summed E-state index contributed by atoms with van der Waals surface area (Å²) in [4.78, 5) is 19.8. The molecule has 1 aliphatic heterocycles. The number of aromatic nitrogens is 4. The lowest BCUT2D eigenvalue weighted by atomic mass is 9.77. The molecule has 7 nitrogen and oxygen atoms in total. The molecule has 1 aromatic carbocycles. The second-order valence-electron chi connectivity index (χ2n) is 7.66. The number of likely N-dealkylation sites (tertiary alicyclic amines) is 1. The van der Waals surface area contributed by atoms with E-state index < -0.39 is 6.10 Å². The Labute approximate surface area is 160 Å². The van der Waals surface area contributed by atoms with E-state index in [4.69, 9.17) is 0 Å². The number of imidazole rings is 1. The maximum atomic E-state index is 12.8. The monoisotopic (exact) mass is 383 g/mol. The minimum atomic E-state index is -0.425. The summed E-state index contributed by atoms with van der Waals surface area (Å²) in [5.41, 5.74) is 2.70. The van der Waals surface area contributed by atoms with Crippen LogP contribution in [0.25, 0.3) is 11.0 Å². The van der Waals surface area contributed by atoms with Crippen LogP contribution in [0.3, 0.4) is 0 Å². The fourth-order valence-corrected chi connectivity index (χ4v) is 5.31. The molecule has 1 aliphatic carbocycles. The Morgan fingerprint density at radius 2 is 2.00 bits per heavy atom. The van der Waals surface area contributed by atoms with Gasteiger partial charge in [-0.05, 0) is 55.3 Å². The predicted octanol–water partition coefficient (Wildman–Crippen LogP) is 2.28. The van der Waals surface area contributed by atoms with Gasteiger partial charge in [-0.1, -0.05) is 16.6 Å². The Balaban J connectivity index is 1.38. The Morgan fingerprint density at radius 1 is 1.22 bits per heavy atom. The minimum Gasteiger partial charge on any atom is -0.391 e.